The first-order valence-electron chi connectivity index (χ1n) is 9.14. The van der Waals surface area contributed by atoms with Gasteiger partial charge in [-0.2, -0.15) is 0 Å². The predicted octanol–water partition coefficient (Wildman–Crippen LogP) is 2.95. The van der Waals surface area contributed by atoms with Gasteiger partial charge >= 0.3 is 11.9 Å². The number of benzene rings is 2. The van der Waals surface area contributed by atoms with Crippen molar-refractivity contribution >= 4 is 41.0 Å². The van der Waals surface area contributed by atoms with Crippen molar-refractivity contribution in [1.82, 2.24) is 10.2 Å². The van der Waals surface area contributed by atoms with E-state index in [4.69, 9.17) is 9.15 Å². The number of anilines is 1. The first kappa shape index (κ1) is 23.4. The number of thioether (sulfide) groups is 1. The Hall–Kier alpha value is -4.26. The minimum atomic E-state index is -0.695. The van der Waals surface area contributed by atoms with E-state index in [2.05, 4.69) is 20.3 Å². The molecule has 170 valence electrons. The largest absolute Gasteiger partial charge is 0.465 e. The molecule has 1 amide bonds. The third-order valence-electron chi connectivity index (χ3n) is 4.18. The zero-order valence-corrected chi connectivity index (χ0v) is 18.1. The minimum Gasteiger partial charge on any atom is -0.465 e. The standard InChI is InChI=1S/C20H16N4O8S/c1-30-18(26)12-5-8-14(19(27)31-2)15(9-12)21-16(25)10-33-20-23-22-17(32-20)11-3-6-13(7-4-11)24(28)29/h3-9H,10H2,1-2H3,(H,21,25). The molecule has 0 bridgehead atoms. The number of esters is 2. The highest BCUT2D eigenvalue weighted by molar-refractivity contribution is 7.99. The summed E-state index contributed by atoms with van der Waals surface area (Å²) in [6, 6.07) is 9.57. The van der Waals surface area contributed by atoms with E-state index in [-0.39, 0.29) is 39.4 Å². The number of nitro groups is 1. The topological polar surface area (TPSA) is 164 Å². The van der Waals surface area contributed by atoms with Gasteiger partial charge in [0, 0.05) is 17.7 Å². The Morgan fingerprint density at radius 1 is 1.06 bits per heavy atom. The van der Waals surface area contributed by atoms with Gasteiger partial charge in [0.2, 0.25) is 11.8 Å². The van der Waals surface area contributed by atoms with Crippen LogP contribution in [-0.2, 0) is 14.3 Å². The lowest BCUT2D eigenvalue weighted by Gasteiger charge is -2.11. The van der Waals surface area contributed by atoms with Crippen molar-refractivity contribution in [3.8, 4) is 11.5 Å². The second-order valence-electron chi connectivity index (χ2n) is 6.26. The van der Waals surface area contributed by atoms with Crippen molar-refractivity contribution in [2.75, 3.05) is 25.3 Å². The fraction of sp³-hybridized carbons (Fsp3) is 0.150. The van der Waals surface area contributed by atoms with Gasteiger partial charge < -0.3 is 19.2 Å². The summed E-state index contributed by atoms with van der Waals surface area (Å²) < 4.78 is 14.8. The molecule has 2 aromatic carbocycles. The Morgan fingerprint density at radius 3 is 2.39 bits per heavy atom. The maximum atomic E-state index is 12.4. The highest BCUT2D eigenvalue weighted by Gasteiger charge is 2.18. The van der Waals surface area contributed by atoms with E-state index in [0.717, 1.165) is 11.8 Å². The highest BCUT2D eigenvalue weighted by Crippen LogP contribution is 2.25. The van der Waals surface area contributed by atoms with Crippen LogP contribution in [0.1, 0.15) is 20.7 Å². The molecule has 0 saturated heterocycles. The maximum absolute atomic E-state index is 12.4. The third kappa shape index (κ3) is 5.71. The van der Waals surface area contributed by atoms with Gasteiger partial charge in [-0.05, 0) is 30.3 Å². The average molecular weight is 472 g/mol. The second-order valence-corrected chi connectivity index (χ2v) is 7.18. The number of carbonyl (C=O) groups is 3. The molecule has 0 unspecified atom stereocenters. The lowest BCUT2D eigenvalue weighted by Crippen LogP contribution is -2.18. The number of rotatable bonds is 8. The number of amides is 1. The smallest absolute Gasteiger partial charge is 0.339 e. The minimum absolute atomic E-state index is 0.0572. The number of methoxy groups -OCH3 is 2. The number of nitrogens with zero attached hydrogens (tertiary/aromatic N) is 3. The van der Waals surface area contributed by atoms with E-state index in [1.165, 1.54) is 56.7 Å². The van der Waals surface area contributed by atoms with E-state index < -0.39 is 22.8 Å². The van der Waals surface area contributed by atoms with Gasteiger partial charge in [-0.3, -0.25) is 14.9 Å². The van der Waals surface area contributed by atoms with E-state index >= 15 is 0 Å². The van der Waals surface area contributed by atoms with Crippen molar-refractivity contribution < 1.29 is 33.2 Å². The maximum Gasteiger partial charge on any atom is 0.339 e. The van der Waals surface area contributed by atoms with Crippen LogP contribution in [0.5, 0.6) is 0 Å². The summed E-state index contributed by atoms with van der Waals surface area (Å²) in [4.78, 5) is 46.4. The molecule has 0 fully saturated rings. The molecule has 3 rings (SSSR count). The van der Waals surface area contributed by atoms with Gasteiger partial charge in [-0.15, -0.1) is 10.2 Å². The Kier molecular flexibility index (Phi) is 7.35. The second kappa shape index (κ2) is 10.4. The first-order valence-corrected chi connectivity index (χ1v) is 10.1. The van der Waals surface area contributed by atoms with E-state index in [0.29, 0.717) is 5.56 Å². The number of ether oxygens (including phenoxy) is 2. The van der Waals surface area contributed by atoms with Crippen LogP contribution in [0.25, 0.3) is 11.5 Å². The highest BCUT2D eigenvalue weighted by atomic mass is 32.2. The van der Waals surface area contributed by atoms with Crippen LogP contribution < -0.4 is 5.32 Å². The zero-order valence-electron chi connectivity index (χ0n) is 17.3. The molecule has 12 nitrogen and oxygen atoms in total. The summed E-state index contributed by atoms with van der Waals surface area (Å²) in [7, 11) is 2.40. The summed E-state index contributed by atoms with van der Waals surface area (Å²) in [6.45, 7) is 0. The molecule has 3 aromatic rings. The monoisotopic (exact) mass is 472 g/mol. The van der Waals surface area contributed by atoms with E-state index in [1.807, 2.05) is 0 Å². The molecule has 0 atom stereocenters. The Balaban J connectivity index is 1.67. The van der Waals surface area contributed by atoms with Crippen LogP contribution in [0, 0.1) is 10.1 Å². The molecule has 1 heterocycles. The first-order chi connectivity index (χ1) is 15.8. The number of hydrogen-bond acceptors (Lipinski definition) is 11. The van der Waals surface area contributed by atoms with Crippen molar-refractivity contribution in [3.63, 3.8) is 0 Å². The quantitative estimate of drug-likeness (QED) is 0.222. The van der Waals surface area contributed by atoms with Crippen molar-refractivity contribution in [1.29, 1.82) is 0 Å². The summed E-state index contributed by atoms with van der Waals surface area (Å²) in [5.41, 5.74) is 0.672. The number of hydrogen-bond donors (Lipinski definition) is 1. The summed E-state index contributed by atoms with van der Waals surface area (Å²) in [6.07, 6.45) is 0. The van der Waals surface area contributed by atoms with Gasteiger partial charge in [0.15, 0.2) is 0 Å². The predicted molar refractivity (Wildman–Crippen MR) is 115 cm³/mol. The van der Waals surface area contributed by atoms with Gasteiger partial charge in [0.1, 0.15) is 0 Å². The van der Waals surface area contributed by atoms with E-state index in [9.17, 15) is 24.5 Å². The SMILES string of the molecule is COC(=O)c1ccc(C(=O)OC)c(NC(=O)CSc2nnc(-c3ccc([N+](=O)[O-])cc3)o2)c1. The van der Waals surface area contributed by atoms with Crippen LogP contribution in [0.4, 0.5) is 11.4 Å². The Morgan fingerprint density at radius 2 is 1.76 bits per heavy atom. The fourth-order valence-corrected chi connectivity index (χ4v) is 3.17. The average Bonchev–Trinajstić information content (AvgIpc) is 3.31. The molecule has 0 aliphatic rings. The molecule has 0 aliphatic carbocycles. The number of carbonyl (C=O) groups excluding carboxylic acids is 3. The molecule has 0 aliphatic heterocycles. The van der Waals surface area contributed by atoms with E-state index in [1.54, 1.807) is 0 Å². The number of nitro benzene ring substituents is 1. The molecule has 0 radical (unpaired) electrons. The normalized spacial score (nSPS) is 10.4. The van der Waals surface area contributed by atoms with Crippen molar-refractivity contribution in [2.45, 2.75) is 5.22 Å². The molecular formula is C20H16N4O8S. The lowest BCUT2D eigenvalue weighted by atomic mass is 10.1. The molecule has 33 heavy (non-hydrogen) atoms. The molecule has 1 aromatic heterocycles. The molecule has 0 spiro atoms. The van der Waals surface area contributed by atoms with Gasteiger partial charge in [0.05, 0.1) is 41.7 Å². The summed E-state index contributed by atoms with van der Waals surface area (Å²) in [5.74, 6) is -1.86. The molecule has 1 N–H and O–H groups in total. The van der Waals surface area contributed by atoms with Crippen LogP contribution in [0.3, 0.4) is 0 Å². The summed E-state index contributed by atoms with van der Waals surface area (Å²) >= 11 is 0.938. The van der Waals surface area contributed by atoms with Gasteiger partial charge in [-0.1, -0.05) is 11.8 Å². The molecular weight excluding hydrogens is 456 g/mol. The molecule has 0 saturated carbocycles. The zero-order chi connectivity index (χ0) is 24.0. The number of aromatic nitrogens is 2. The van der Waals surface area contributed by atoms with Gasteiger partial charge in [-0.25, -0.2) is 9.59 Å². The summed E-state index contributed by atoms with van der Waals surface area (Å²) in [5, 5.41) is 21.1. The molecule has 13 heteroatoms. The van der Waals surface area contributed by atoms with Crippen LogP contribution >= 0.6 is 11.8 Å². The number of nitrogens with one attached hydrogen (secondary N) is 1. The van der Waals surface area contributed by atoms with Gasteiger partial charge in [0.25, 0.3) is 10.9 Å². The van der Waals surface area contributed by atoms with Crippen molar-refractivity contribution in [3.05, 3.63) is 63.7 Å². The Labute approximate surface area is 190 Å². The van der Waals surface area contributed by atoms with Crippen LogP contribution in [-0.4, -0.2) is 52.9 Å². The fourth-order valence-electron chi connectivity index (χ4n) is 2.60. The Bertz CT molecular complexity index is 1210. The lowest BCUT2D eigenvalue weighted by molar-refractivity contribution is -0.384. The third-order valence-corrected chi connectivity index (χ3v) is 5.00. The van der Waals surface area contributed by atoms with Crippen LogP contribution in [0.2, 0.25) is 0 Å². The van der Waals surface area contributed by atoms with Crippen molar-refractivity contribution in [2.24, 2.45) is 0 Å². The number of non-ortho nitro benzene ring substituents is 1. The van der Waals surface area contributed by atoms with Crippen LogP contribution in [0.15, 0.2) is 52.1 Å².